The lowest BCUT2D eigenvalue weighted by molar-refractivity contribution is -0.138. The van der Waals surface area contributed by atoms with Gasteiger partial charge in [-0.05, 0) is 73.9 Å². The van der Waals surface area contributed by atoms with Gasteiger partial charge in [0.05, 0.1) is 6.54 Å². The molecule has 2 fully saturated rings. The number of halogens is 2. The number of hydrogen-bond acceptors (Lipinski definition) is 4. The Morgan fingerprint density at radius 1 is 1.06 bits per heavy atom. The lowest BCUT2D eigenvalue weighted by atomic mass is 9.86. The van der Waals surface area contributed by atoms with Crippen molar-refractivity contribution in [1.29, 1.82) is 0 Å². The number of nitrogens with one attached hydrogen (secondary N) is 2. The van der Waals surface area contributed by atoms with Gasteiger partial charge in [-0.1, -0.05) is 23.7 Å². The molecule has 4 amide bonds. The van der Waals surface area contributed by atoms with E-state index in [9.17, 15) is 18.8 Å². The van der Waals surface area contributed by atoms with Crippen LogP contribution in [0.4, 0.5) is 9.18 Å². The summed E-state index contributed by atoms with van der Waals surface area (Å²) in [7, 11) is 0. The molecule has 2 bridgehead atoms. The summed E-state index contributed by atoms with van der Waals surface area (Å²) in [5.41, 5.74) is 6.71. The number of piperidine rings is 1. The minimum Gasteiger partial charge on any atom is -0.483 e. The maximum Gasteiger partial charge on any atom is 0.312 e. The third-order valence-corrected chi connectivity index (χ3v) is 7.06. The molecular weight excluding hydrogens is 487 g/mol. The number of benzene rings is 2. The minimum absolute atomic E-state index is 0.0571. The topological polar surface area (TPSA) is 114 Å². The van der Waals surface area contributed by atoms with Crippen molar-refractivity contribution in [2.24, 2.45) is 11.7 Å². The highest BCUT2D eigenvalue weighted by Gasteiger charge is 2.43. The second kappa shape index (κ2) is 11.6. The third kappa shape index (κ3) is 6.66. The number of primary amides is 1. The fraction of sp³-hybridized carbons (Fsp3) is 0.423. The second-order valence-electron chi connectivity index (χ2n) is 9.39. The van der Waals surface area contributed by atoms with E-state index in [0.29, 0.717) is 22.3 Å². The highest BCUT2D eigenvalue weighted by atomic mass is 35.5. The van der Waals surface area contributed by atoms with Gasteiger partial charge in [0.2, 0.25) is 5.91 Å². The van der Waals surface area contributed by atoms with Crippen LogP contribution in [0, 0.1) is 11.7 Å². The Bertz CT molecular complexity index is 1100. The highest BCUT2D eigenvalue weighted by Crippen LogP contribution is 2.40. The number of hydrogen-bond donors (Lipinski definition) is 3. The first-order valence-corrected chi connectivity index (χ1v) is 12.4. The van der Waals surface area contributed by atoms with E-state index in [1.165, 1.54) is 12.1 Å². The Labute approximate surface area is 214 Å². The average molecular weight is 517 g/mol. The molecule has 10 heteroatoms. The zero-order chi connectivity index (χ0) is 25.7. The fourth-order valence-electron chi connectivity index (χ4n) is 5.28. The molecule has 8 nitrogen and oxygen atoms in total. The van der Waals surface area contributed by atoms with Crippen LogP contribution in [0.15, 0.2) is 42.5 Å². The smallest absolute Gasteiger partial charge is 0.312 e. The standard InChI is InChI=1S/C26H30ClFN4O4/c27-19-3-8-23(18(12-19)13-30-24(33)14-31-26(29)35)36-15-25(34)32-21-6-7-22(32)11-17(10-21)9-16-1-4-20(28)5-2-16/h1-5,8,12,17,21-22H,6-7,9-11,13-15H2,(H,30,33)(H3,29,31,35)/t17?,21-,22+. The van der Waals surface area contributed by atoms with Gasteiger partial charge in [0.15, 0.2) is 6.61 Å². The van der Waals surface area contributed by atoms with Gasteiger partial charge in [0.1, 0.15) is 11.6 Å². The molecule has 2 saturated heterocycles. The first-order chi connectivity index (χ1) is 17.3. The van der Waals surface area contributed by atoms with Gasteiger partial charge < -0.3 is 26.0 Å². The van der Waals surface area contributed by atoms with Crippen LogP contribution in [0.5, 0.6) is 5.75 Å². The molecule has 4 rings (SSSR count). The van der Waals surface area contributed by atoms with Crippen LogP contribution in [0.2, 0.25) is 5.02 Å². The fourth-order valence-corrected chi connectivity index (χ4v) is 5.48. The molecule has 0 aromatic heterocycles. The molecule has 2 aliphatic rings. The van der Waals surface area contributed by atoms with Crippen molar-refractivity contribution in [3.63, 3.8) is 0 Å². The normalized spacial score (nSPS) is 20.6. The Hall–Kier alpha value is -3.33. The number of fused-ring (bicyclic) bond motifs is 2. The number of nitrogens with zero attached hydrogens (tertiary/aromatic N) is 1. The lowest BCUT2D eigenvalue weighted by Crippen LogP contribution is -2.48. The summed E-state index contributed by atoms with van der Waals surface area (Å²) in [5.74, 6) is 0.211. The first kappa shape index (κ1) is 25.8. The minimum atomic E-state index is -0.788. The summed E-state index contributed by atoms with van der Waals surface area (Å²) in [6.45, 7) is -0.241. The third-order valence-electron chi connectivity index (χ3n) is 6.83. The number of nitrogens with two attached hydrogens (primary N) is 1. The molecular formula is C26H30ClFN4O4. The zero-order valence-corrected chi connectivity index (χ0v) is 20.6. The molecule has 36 heavy (non-hydrogen) atoms. The summed E-state index contributed by atoms with van der Waals surface area (Å²) < 4.78 is 19.1. The molecule has 0 spiro atoms. The van der Waals surface area contributed by atoms with Crippen LogP contribution in [0.25, 0.3) is 0 Å². The van der Waals surface area contributed by atoms with Gasteiger partial charge >= 0.3 is 6.03 Å². The molecule has 4 N–H and O–H groups in total. The second-order valence-corrected chi connectivity index (χ2v) is 9.83. The number of ether oxygens (including phenoxy) is 1. The predicted octanol–water partition coefficient (Wildman–Crippen LogP) is 3.15. The summed E-state index contributed by atoms with van der Waals surface area (Å²) in [5, 5.41) is 5.35. The highest BCUT2D eigenvalue weighted by molar-refractivity contribution is 6.30. The lowest BCUT2D eigenvalue weighted by Gasteiger charge is -2.39. The van der Waals surface area contributed by atoms with Crippen molar-refractivity contribution >= 4 is 29.4 Å². The molecule has 0 aliphatic carbocycles. The van der Waals surface area contributed by atoms with E-state index in [2.05, 4.69) is 10.6 Å². The van der Waals surface area contributed by atoms with E-state index in [-0.39, 0.29) is 43.5 Å². The van der Waals surface area contributed by atoms with E-state index < -0.39 is 11.9 Å². The molecule has 192 valence electrons. The largest absolute Gasteiger partial charge is 0.483 e. The van der Waals surface area contributed by atoms with Crippen LogP contribution >= 0.6 is 11.6 Å². The molecule has 0 radical (unpaired) electrons. The predicted molar refractivity (Wildman–Crippen MR) is 133 cm³/mol. The van der Waals surface area contributed by atoms with Crippen LogP contribution in [-0.2, 0) is 22.6 Å². The van der Waals surface area contributed by atoms with E-state index in [0.717, 1.165) is 37.7 Å². The summed E-state index contributed by atoms with van der Waals surface area (Å²) in [4.78, 5) is 37.8. The van der Waals surface area contributed by atoms with E-state index in [1.807, 2.05) is 17.0 Å². The number of carbonyl (C=O) groups is 3. The van der Waals surface area contributed by atoms with E-state index in [4.69, 9.17) is 22.1 Å². The van der Waals surface area contributed by atoms with E-state index >= 15 is 0 Å². The van der Waals surface area contributed by atoms with Crippen molar-refractivity contribution in [2.45, 2.75) is 50.7 Å². The van der Waals surface area contributed by atoms with Crippen molar-refractivity contribution in [3.8, 4) is 5.75 Å². The van der Waals surface area contributed by atoms with Gasteiger partial charge in [0.25, 0.3) is 5.91 Å². The average Bonchev–Trinajstić information content (AvgIpc) is 3.12. The molecule has 1 unspecified atom stereocenters. The van der Waals surface area contributed by atoms with Crippen LogP contribution in [0.3, 0.4) is 0 Å². The Morgan fingerprint density at radius 2 is 1.75 bits per heavy atom. The molecule has 2 aliphatic heterocycles. The van der Waals surface area contributed by atoms with Crippen LogP contribution in [-0.4, -0.2) is 48.0 Å². The number of urea groups is 1. The molecule has 0 saturated carbocycles. The van der Waals surface area contributed by atoms with E-state index in [1.54, 1.807) is 18.2 Å². The maximum absolute atomic E-state index is 13.2. The monoisotopic (exact) mass is 516 g/mol. The van der Waals surface area contributed by atoms with Crippen molar-refractivity contribution in [2.75, 3.05) is 13.2 Å². The quantitative estimate of drug-likeness (QED) is 0.475. The van der Waals surface area contributed by atoms with Crippen molar-refractivity contribution < 1.29 is 23.5 Å². The Balaban J connectivity index is 1.31. The number of rotatable bonds is 9. The molecule has 3 atom stereocenters. The number of carbonyl (C=O) groups excluding carboxylic acids is 3. The van der Waals surface area contributed by atoms with Crippen LogP contribution in [0.1, 0.15) is 36.8 Å². The first-order valence-electron chi connectivity index (χ1n) is 12.1. The van der Waals surface area contributed by atoms with Crippen molar-refractivity contribution in [3.05, 3.63) is 64.4 Å². The molecule has 2 aromatic carbocycles. The summed E-state index contributed by atoms with van der Waals surface area (Å²) in [6.07, 6.45) is 4.71. The van der Waals surface area contributed by atoms with Crippen LogP contribution < -0.4 is 21.1 Å². The summed E-state index contributed by atoms with van der Waals surface area (Å²) in [6, 6.07) is 11.2. The Morgan fingerprint density at radius 3 is 2.42 bits per heavy atom. The van der Waals surface area contributed by atoms with Gasteiger partial charge in [-0.25, -0.2) is 9.18 Å². The summed E-state index contributed by atoms with van der Waals surface area (Å²) >= 11 is 6.11. The van der Waals surface area contributed by atoms with Gasteiger partial charge in [-0.3, -0.25) is 9.59 Å². The Kier molecular flexibility index (Phi) is 8.30. The number of amides is 4. The molecule has 2 heterocycles. The van der Waals surface area contributed by atoms with Crippen molar-refractivity contribution in [1.82, 2.24) is 15.5 Å². The maximum atomic E-state index is 13.2. The zero-order valence-electron chi connectivity index (χ0n) is 19.8. The van der Waals surface area contributed by atoms with Gasteiger partial charge in [-0.15, -0.1) is 0 Å². The van der Waals surface area contributed by atoms with Gasteiger partial charge in [-0.2, -0.15) is 0 Å². The SMILES string of the molecule is NC(=O)NCC(=O)NCc1cc(Cl)ccc1OCC(=O)N1[C@@H]2CC[C@H]1CC(Cc1ccc(F)cc1)C2. The van der Waals surface area contributed by atoms with Gasteiger partial charge in [0, 0.05) is 29.2 Å². The molecule has 2 aromatic rings.